The summed E-state index contributed by atoms with van der Waals surface area (Å²) in [5.74, 6) is 2.94. The summed E-state index contributed by atoms with van der Waals surface area (Å²) >= 11 is 0. The molecule has 1 atom stereocenters. The molecular weight excluding hydrogens is 160 g/mol. The molecule has 1 rings (SSSR count). The van der Waals surface area contributed by atoms with Gasteiger partial charge in [-0.1, -0.05) is 31.8 Å². The van der Waals surface area contributed by atoms with E-state index in [1.54, 1.807) is 0 Å². The van der Waals surface area contributed by atoms with E-state index in [9.17, 15) is 5.11 Å². The van der Waals surface area contributed by atoms with Gasteiger partial charge >= 0.3 is 0 Å². The summed E-state index contributed by atoms with van der Waals surface area (Å²) in [6, 6.07) is 0. The topological polar surface area (TPSA) is 20.2 Å². The van der Waals surface area contributed by atoms with Crippen LogP contribution in [0.15, 0.2) is 12.2 Å². The Labute approximate surface area is 80.9 Å². The van der Waals surface area contributed by atoms with E-state index >= 15 is 0 Å². The number of aliphatic hydroxyl groups is 1. The summed E-state index contributed by atoms with van der Waals surface area (Å²) in [4.78, 5) is 0. The molecule has 72 valence electrons. The molecule has 1 heteroatoms. The van der Waals surface area contributed by atoms with Crippen molar-refractivity contribution in [3.05, 3.63) is 12.2 Å². The first-order chi connectivity index (χ1) is 6.24. The van der Waals surface area contributed by atoms with Gasteiger partial charge in [-0.2, -0.15) is 0 Å². The minimum atomic E-state index is -0.260. The fourth-order valence-electron chi connectivity index (χ4n) is 2.00. The molecule has 0 radical (unpaired) electrons. The molecule has 1 N–H and O–H groups in total. The van der Waals surface area contributed by atoms with E-state index in [1.165, 1.54) is 19.3 Å². The molecule has 0 saturated heterocycles. The maximum atomic E-state index is 9.82. The fraction of sp³-hybridized carbons (Fsp3) is 0.667. The van der Waals surface area contributed by atoms with E-state index in [0.29, 0.717) is 12.3 Å². The van der Waals surface area contributed by atoms with Crippen molar-refractivity contribution >= 4 is 0 Å². The molecule has 1 aliphatic carbocycles. The van der Waals surface area contributed by atoms with Gasteiger partial charge in [0, 0.05) is 6.42 Å². The molecule has 1 nitrogen and oxygen atoms in total. The first kappa shape index (κ1) is 10.3. The van der Waals surface area contributed by atoms with Gasteiger partial charge in [-0.3, -0.25) is 0 Å². The third-order valence-electron chi connectivity index (χ3n) is 2.85. The largest absolute Gasteiger partial charge is 0.392 e. The lowest BCUT2D eigenvalue weighted by molar-refractivity contribution is 0.0861. The Morgan fingerprint density at radius 1 is 1.46 bits per heavy atom. The average Bonchev–Trinajstić information content (AvgIpc) is 2.19. The first-order valence-electron chi connectivity index (χ1n) is 5.06. The standard InChI is InChI=1S/C12H18O/c1-3-10(2)9-12(13)11-7-5-4-6-8-11/h1,11-13H,2,4-9H2. The number of terminal acetylenes is 1. The highest BCUT2D eigenvalue weighted by atomic mass is 16.3. The first-order valence-corrected chi connectivity index (χ1v) is 5.06. The van der Waals surface area contributed by atoms with Gasteiger partial charge in [0.05, 0.1) is 6.10 Å². The summed E-state index contributed by atoms with van der Waals surface area (Å²) in [5, 5.41) is 9.82. The Kier molecular flexibility index (Phi) is 4.05. The molecule has 0 aliphatic heterocycles. The summed E-state index contributed by atoms with van der Waals surface area (Å²) in [6.07, 6.45) is 11.6. The Balaban J connectivity index is 2.33. The smallest absolute Gasteiger partial charge is 0.0614 e. The van der Waals surface area contributed by atoms with Crippen LogP contribution in [-0.4, -0.2) is 11.2 Å². The molecule has 0 heterocycles. The summed E-state index contributed by atoms with van der Waals surface area (Å²) in [6.45, 7) is 3.71. The second-order valence-corrected chi connectivity index (χ2v) is 3.92. The summed E-state index contributed by atoms with van der Waals surface area (Å²) < 4.78 is 0. The summed E-state index contributed by atoms with van der Waals surface area (Å²) in [7, 11) is 0. The molecule has 1 saturated carbocycles. The fourth-order valence-corrected chi connectivity index (χ4v) is 2.00. The van der Waals surface area contributed by atoms with Gasteiger partial charge in [-0.15, -0.1) is 6.42 Å². The van der Waals surface area contributed by atoms with E-state index in [-0.39, 0.29) is 6.10 Å². The van der Waals surface area contributed by atoms with Gasteiger partial charge in [-0.25, -0.2) is 0 Å². The number of hydrogen-bond donors (Lipinski definition) is 1. The third-order valence-corrected chi connectivity index (χ3v) is 2.85. The van der Waals surface area contributed by atoms with Crippen molar-refractivity contribution in [2.24, 2.45) is 5.92 Å². The highest BCUT2D eigenvalue weighted by Crippen LogP contribution is 2.28. The van der Waals surface area contributed by atoms with Crippen molar-refractivity contribution in [1.29, 1.82) is 0 Å². The van der Waals surface area contributed by atoms with Crippen LogP contribution in [-0.2, 0) is 0 Å². The van der Waals surface area contributed by atoms with Crippen molar-refractivity contribution < 1.29 is 5.11 Å². The van der Waals surface area contributed by atoms with Gasteiger partial charge in [0.1, 0.15) is 0 Å². The van der Waals surface area contributed by atoms with Crippen molar-refractivity contribution in [2.45, 2.75) is 44.6 Å². The van der Waals surface area contributed by atoms with Gasteiger partial charge in [0.25, 0.3) is 0 Å². The van der Waals surface area contributed by atoms with Gasteiger partial charge < -0.3 is 5.11 Å². The van der Waals surface area contributed by atoms with Crippen molar-refractivity contribution in [3.63, 3.8) is 0 Å². The van der Waals surface area contributed by atoms with Crippen LogP contribution in [0, 0.1) is 18.3 Å². The van der Waals surface area contributed by atoms with Gasteiger partial charge in [0.15, 0.2) is 0 Å². The molecule has 1 unspecified atom stereocenters. The predicted molar refractivity (Wildman–Crippen MR) is 55.2 cm³/mol. The molecule has 0 aromatic rings. The van der Waals surface area contributed by atoms with Crippen LogP contribution in [0.5, 0.6) is 0 Å². The van der Waals surface area contributed by atoms with Crippen LogP contribution < -0.4 is 0 Å². The number of aliphatic hydroxyl groups excluding tert-OH is 1. The van der Waals surface area contributed by atoms with Crippen molar-refractivity contribution in [1.82, 2.24) is 0 Å². The van der Waals surface area contributed by atoms with Crippen LogP contribution in [0.1, 0.15) is 38.5 Å². The monoisotopic (exact) mass is 178 g/mol. The molecule has 13 heavy (non-hydrogen) atoms. The van der Waals surface area contributed by atoms with E-state index in [2.05, 4.69) is 12.5 Å². The zero-order chi connectivity index (χ0) is 9.68. The lowest BCUT2D eigenvalue weighted by Crippen LogP contribution is -2.23. The zero-order valence-corrected chi connectivity index (χ0v) is 8.13. The average molecular weight is 178 g/mol. The second kappa shape index (κ2) is 5.09. The second-order valence-electron chi connectivity index (χ2n) is 3.92. The highest BCUT2D eigenvalue weighted by Gasteiger charge is 2.21. The molecule has 0 amide bonds. The molecule has 1 fully saturated rings. The Bertz CT molecular complexity index is 206. The van der Waals surface area contributed by atoms with Crippen LogP contribution in [0.3, 0.4) is 0 Å². The Morgan fingerprint density at radius 2 is 2.08 bits per heavy atom. The van der Waals surface area contributed by atoms with E-state index in [0.717, 1.165) is 18.4 Å². The van der Waals surface area contributed by atoms with Crippen LogP contribution >= 0.6 is 0 Å². The normalized spacial score (nSPS) is 20.6. The molecule has 0 bridgehead atoms. The molecule has 0 aromatic carbocycles. The molecule has 0 aromatic heterocycles. The van der Waals surface area contributed by atoms with E-state index in [1.807, 2.05) is 0 Å². The number of hydrogen-bond acceptors (Lipinski definition) is 1. The van der Waals surface area contributed by atoms with Crippen molar-refractivity contribution in [2.75, 3.05) is 0 Å². The minimum absolute atomic E-state index is 0.260. The van der Waals surface area contributed by atoms with Gasteiger partial charge in [0.2, 0.25) is 0 Å². The van der Waals surface area contributed by atoms with Gasteiger partial charge in [-0.05, 0) is 24.3 Å². The maximum absolute atomic E-state index is 9.82. The Hall–Kier alpha value is -0.740. The SMILES string of the molecule is C#CC(=C)CC(O)C1CCCCC1. The number of rotatable bonds is 3. The van der Waals surface area contributed by atoms with Crippen LogP contribution in [0.25, 0.3) is 0 Å². The van der Waals surface area contributed by atoms with E-state index < -0.39 is 0 Å². The zero-order valence-electron chi connectivity index (χ0n) is 8.13. The summed E-state index contributed by atoms with van der Waals surface area (Å²) in [5.41, 5.74) is 0.720. The van der Waals surface area contributed by atoms with E-state index in [4.69, 9.17) is 6.42 Å². The quantitative estimate of drug-likeness (QED) is 0.658. The Morgan fingerprint density at radius 3 is 2.62 bits per heavy atom. The molecule has 1 aliphatic rings. The lowest BCUT2D eigenvalue weighted by atomic mass is 9.83. The molecule has 0 spiro atoms. The lowest BCUT2D eigenvalue weighted by Gasteiger charge is -2.26. The van der Waals surface area contributed by atoms with Crippen LogP contribution in [0.2, 0.25) is 0 Å². The highest BCUT2D eigenvalue weighted by molar-refractivity contribution is 5.21. The third kappa shape index (κ3) is 3.24. The van der Waals surface area contributed by atoms with Crippen LogP contribution in [0.4, 0.5) is 0 Å². The van der Waals surface area contributed by atoms with Crippen molar-refractivity contribution in [3.8, 4) is 12.3 Å². The molecular formula is C12H18O. The maximum Gasteiger partial charge on any atom is 0.0614 e. The predicted octanol–water partition coefficient (Wildman–Crippen LogP) is 2.51. The minimum Gasteiger partial charge on any atom is -0.392 e.